The quantitative estimate of drug-likeness (QED) is 0.791. The van der Waals surface area contributed by atoms with Gasteiger partial charge in [0.25, 0.3) is 0 Å². The van der Waals surface area contributed by atoms with Gasteiger partial charge in [-0.1, -0.05) is 6.92 Å². The molecule has 1 atom stereocenters. The van der Waals surface area contributed by atoms with Crippen LogP contribution in [0.25, 0.3) is 0 Å². The van der Waals surface area contributed by atoms with Gasteiger partial charge in [0.15, 0.2) is 0 Å². The first-order valence-corrected chi connectivity index (χ1v) is 5.09. The maximum Gasteiger partial charge on any atom is 0.136 e. The zero-order chi connectivity index (χ0) is 8.55. The van der Waals surface area contributed by atoms with Crippen molar-refractivity contribution in [1.29, 1.82) is 0 Å². The maximum atomic E-state index is 5.82. The fraction of sp³-hybridized carbons (Fsp3) is 0.444. The van der Waals surface area contributed by atoms with Crippen molar-refractivity contribution < 1.29 is 20.4 Å². The molecule has 2 N–H and O–H groups in total. The van der Waals surface area contributed by atoms with Crippen LogP contribution in [0, 0.1) is 0 Å². The normalized spacial score (nSPS) is 18.6. The van der Waals surface area contributed by atoms with E-state index in [1.165, 1.54) is 10.4 Å². The molecule has 1 aromatic heterocycles. The summed E-state index contributed by atoms with van der Waals surface area (Å²) in [7, 11) is 0. The van der Waals surface area contributed by atoms with E-state index >= 15 is 0 Å². The molecule has 0 saturated carbocycles. The second-order valence-electron chi connectivity index (χ2n) is 3.06. The van der Waals surface area contributed by atoms with E-state index in [-0.39, 0.29) is 32.8 Å². The summed E-state index contributed by atoms with van der Waals surface area (Å²) in [6, 6.07) is 2.57. The molecule has 82 valence electrons. The van der Waals surface area contributed by atoms with E-state index in [4.69, 9.17) is 5.73 Å². The van der Waals surface area contributed by atoms with Crippen molar-refractivity contribution in [3.63, 3.8) is 0 Å². The third-order valence-corrected chi connectivity index (χ3v) is 3.21. The smallest absolute Gasteiger partial charge is 0.136 e. The molecule has 1 aliphatic rings. The Labute approximate surface area is 108 Å². The van der Waals surface area contributed by atoms with Gasteiger partial charge >= 0.3 is 0 Å². The molecule has 14 heavy (non-hydrogen) atoms. The molecule has 0 aromatic carbocycles. The third-order valence-electron chi connectivity index (χ3n) is 2.23. The standard InChI is InChI=1S/C9H12N2S.ClH.Pd/c1-2-7-5-6-3-4-12-8(6)9(10)11-7;;/h3-4,7H,2,5H2,1H3,(H2,10,11);1H;. The van der Waals surface area contributed by atoms with E-state index in [0.29, 0.717) is 6.04 Å². The average Bonchev–Trinajstić information content (AvgIpc) is 2.52. The molecule has 2 rings (SSSR count). The van der Waals surface area contributed by atoms with Crippen molar-refractivity contribution in [2.75, 3.05) is 0 Å². The molecular formula is C9H13ClN2PdS. The third kappa shape index (κ3) is 2.58. The Bertz CT molecular complexity index is 324. The number of aliphatic imine (C=N–C) groups is 1. The molecule has 0 aliphatic carbocycles. The van der Waals surface area contributed by atoms with Gasteiger partial charge in [0.1, 0.15) is 5.84 Å². The predicted molar refractivity (Wildman–Crippen MR) is 60.1 cm³/mol. The monoisotopic (exact) mass is 322 g/mol. The van der Waals surface area contributed by atoms with E-state index in [1.807, 2.05) is 0 Å². The molecule has 0 amide bonds. The number of amidine groups is 1. The van der Waals surface area contributed by atoms with E-state index in [1.54, 1.807) is 11.3 Å². The Kier molecular flexibility index (Phi) is 5.92. The summed E-state index contributed by atoms with van der Waals surface area (Å²) in [6.45, 7) is 2.15. The van der Waals surface area contributed by atoms with Crippen LogP contribution in [0.3, 0.4) is 0 Å². The molecule has 2 heterocycles. The van der Waals surface area contributed by atoms with E-state index in [9.17, 15) is 0 Å². The van der Waals surface area contributed by atoms with Gasteiger partial charge in [0.05, 0.1) is 10.9 Å². The van der Waals surface area contributed by atoms with Gasteiger partial charge in [-0.3, -0.25) is 4.99 Å². The molecule has 0 bridgehead atoms. The molecule has 0 radical (unpaired) electrons. The zero-order valence-corrected chi connectivity index (χ0v) is 11.0. The molecule has 0 fully saturated rings. The number of thiophene rings is 1. The van der Waals surface area contributed by atoms with Crippen LogP contribution in [-0.4, -0.2) is 11.9 Å². The average molecular weight is 323 g/mol. The summed E-state index contributed by atoms with van der Waals surface area (Å²) in [5.74, 6) is 0.734. The first-order valence-electron chi connectivity index (χ1n) is 4.21. The Morgan fingerprint density at radius 1 is 1.64 bits per heavy atom. The van der Waals surface area contributed by atoms with Crippen molar-refractivity contribution in [2.24, 2.45) is 10.7 Å². The number of nitrogens with two attached hydrogens (primary N) is 1. The molecule has 2 nitrogen and oxygen atoms in total. The van der Waals surface area contributed by atoms with Gasteiger partial charge in [-0.15, -0.1) is 23.7 Å². The van der Waals surface area contributed by atoms with Crippen molar-refractivity contribution in [3.05, 3.63) is 21.9 Å². The van der Waals surface area contributed by atoms with Crippen LogP contribution in [0.4, 0.5) is 0 Å². The molecule has 1 aromatic rings. The maximum absolute atomic E-state index is 5.82. The fourth-order valence-corrected chi connectivity index (χ4v) is 2.36. The number of nitrogens with zero attached hydrogens (tertiary/aromatic N) is 1. The number of hydrogen-bond acceptors (Lipinski definition) is 3. The first kappa shape index (κ1) is 14.1. The second kappa shape index (κ2) is 5.87. The van der Waals surface area contributed by atoms with E-state index in [2.05, 4.69) is 23.4 Å². The van der Waals surface area contributed by atoms with Crippen LogP contribution in [-0.2, 0) is 26.8 Å². The fourth-order valence-electron chi connectivity index (χ4n) is 1.51. The molecular weight excluding hydrogens is 310 g/mol. The summed E-state index contributed by atoms with van der Waals surface area (Å²) in [5, 5.41) is 2.09. The van der Waals surface area contributed by atoms with Crippen LogP contribution >= 0.6 is 23.7 Å². The minimum absolute atomic E-state index is 0. The van der Waals surface area contributed by atoms with Gasteiger partial charge in [0, 0.05) is 20.4 Å². The minimum atomic E-state index is 0. The van der Waals surface area contributed by atoms with Crippen molar-refractivity contribution in [3.8, 4) is 0 Å². The Balaban J connectivity index is 0.000000845. The van der Waals surface area contributed by atoms with Gasteiger partial charge in [-0.25, -0.2) is 0 Å². The summed E-state index contributed by atoms with van der Waals surface area (Å²) < 4.78 is 0. The Morgan fingerprint density at radius 2 is 2.36 bits per heavy atom. The Hall–Kier alpha value is 0.122. The summed E-state index contributed by atoms with van der Waals surface area (Å²) in [4.78, 5) is 5.60. The van der Waals surface area contributed by atoms with Crippen LogP contribution < -0.4 is 5.73 Å². The molecule has 0 saturated heterocycles. The molecule has 5 heteroatoms. The topological polar surface area (TPSA) is 38.4 Å². The van der Waals surface area contributed by atoms with E-state index in [0.717, 1.165) is 18.7 Å². The number of fused-ring (bicyclic) bond motifs is 1. The number of halogens is 1. The van der Waals surface area contributed by atoms with Crippen LogP contribution in [0.15, 0.2) is 16.4 Å². The SMILES string of the molecule is CCC1Cc2ccsc2C(N)=N1.Cl.[Pd]. The van der Waals surface area contributed by atoms with E-state index < -0.39 is 0 Å². The van der Waals surface area contributed by atoms with Crippen LogP contribution in [0.5, 0.6) is 0 Å². The zero-order valence-electron chi connectivity index (χ0n) is 7.80. The van der Waals surface area contributed by atoms with Crippen molar-refractivity contribution in [2.45, 2.75) is 25.8 Å². The van der Waals surface area contributed by atoms with Crippen LogP contribution in [0.2, 0.25) is 0 Å². The molecule has 1 unspecified atom stereocenters. The summed E-state index contributed by atoms with van der Waals surface area (Å²) in [6.07, 6.45) is 2.14. The summed E-state index contributed by atoms with van der Waals surface area (Å²) >= 11 is 1.69. The number of rotatable bonds is 1. The predicted octanol–water partition coefficient (Wildman–Crippen LogP) is 2.21. The van der Waals surface area contributed by atoms with Gasteiger partial charge < -0.3 is 5.73 Å². The number of hydrogen-bond donors (Lipinski definition) is 1. The van der Waals surface area contributed by atoms with Gasteiger partial charge in [0.2, 0.25) is 0 Å². The van der Waals surface area contributed by atoms with Gasteiger partial charge in [-0.2, -0.15) is 0 Å². The minimum Gasteiger partial charge on any atom is -0.383 e. The molecule has 1 aliphatic heterocycles. The Morgan fingerprint density at radius 3 is 3.00 bits per heavy atom. The van der Waals surface area contributed by atoms with Crippen LogP contribution in [0.1, 0.15) is 23.8 Å². The first-order chi connectivity index (χ1) is 5.81. The van der Waals surface area contributed by atoms with Crippen molar-refractivity contribution >= 4 is 29.6 Å². The van der Waals surface area contributed by atoms with Crippen molar-refractivity contribution in [1.82, 2.24) is 0 Å². The largest absolute Gasteiger partial charge is 0.383 e. The summed E-state index contributed by atoms with van der Waals surface area (Å²) in [5.41, 5.74) is 7.19. The molecule has 0 spiro atoms. The van der Waals surface area contributed by atoms with Gasteiger partial charge in [-0.05, 0) is 29.9 Å². The second-order valence-corrected chi connectivity index (χ2v) is 3.97.